The van der Waals surface area contributed by atoms with E-state index >= 15 is 0 Å². The summed E-state index contributed by atoms with van der Waals surface area (Å²) in [4.78, 5) is 4.44. The Kier molecular flexibility index (Phi) is 2.00. The van der Waals surface area contributed by atoms with Gasteiger partial charge in [-0.05, 0) is 30.0 Å². The van der Waals surface area contributed by atoms with Crippen LogP contribution in [0.5, 0.6) is 0 Å². The second kappa shape index (κ2) is 3.33. The van der Waals surface area contributed by atoms with Crippen molar-refractivity contribution in [1.82, 2.24) is 4.98 Å². The molecule has 2 heterocycles. The van der Waals surface area contributed by atoms with Crippen LogP contribution in [0.2, 0.25) is 0 Å². The molecule has 2 aromatic rings. The highest BCUT2D eigenvalue weighted by atomic mass is 32.1. The number of fused-ring (bicyclic) bond motifs is 3. The number of ether oxygens (including phenoxy) is 1. The molecule has 72 valence electrons. The molecule has 0 amide bonds. The van der Waals surface area contributed by atoms with Crippen molar-refractivity contribution in [2.75, 3.05) is 13.2 Å². The minimum atomic E-state index is 0.837. The molecule has 0 radical (unpaired) electrons. The molecule has 0 spiro atoms. The summed E-state index contributed by atoms with van der Waals surface area (Å²) in [6, 6.07) is 4.40. The van der Waals surface area contributed by atoms with Crippen LogP contribution in [-0.2, 0) is 17.6 Å². The Morgan fingerprint density at radius 1 is 1.21 bits per heavy atom. The van der Waals surface area contributed by atoms with E-state index in [0.29, 0.717) is 0 Å². The average molecular weight is 205 g/mol. The number of thiazole rings is 1. The lowest BCUT2D eigenvalue weighted by atomic mass is 10.0. The summed E-state index contributed by atoms with van der Waals surface area (Å²) in [5.74, 6) is 0. The van der Waals surface area contributed by atoms with Crippen LogP contribution >= 0.6 is 11.3 Å². The van der Waals surface area contributed by atoms with Crippen molar-refractivity contribution in [3.8, 4) is 0 Å². The van der Waals surface area contributed by atoms with Crippen molar-refractivity contribution >= 4 is 21.6 Å². The molecule has 0 N–H and O–H groups in total. The van der Waals surface area contributed by atoms with Gasteiger partial charge in [-0.15, -0.1) is 11.3 Å². The van der Waals surface area contributed by atoms with Crippen molar-refractivity contribution in [3.63, 3.8) is 0 Å². The SMILES string of the molecule is c1nc2c3c(ccc2s1)CCOCC3. The van der Waals surface area contributed by atoms with Crippen LogP contribution in [-0.4, -0.2) is 18.2 Å². The fraction of sp³-hybridized carbons (Fsp3) is 0.364. The van der Waals surface area contributed by atoms with E-state index in [9.17, 15) is 0 Å². The smallest absolute Gasteiger partial charge is 0.0847 e. The van der Waals surface area contributed by atoms with Gasteiger partial charge in [0.1, 0.15) is 0 Å². The van der Waals surface area contributed by atoms with Crippen molar-refractivity contribution in [2.45, 2.75) is 12.8 Å². The van der Waals surface area contributed by atoms with Crippen LogP contribution in [0.25, 0.3) is 10.2 Å². The van der Waals surface area contributed by atoms with Gasteiger partial charge < -0.3 is 4.74 Å². The lowest BCUT2D eigenvalue weighted by Crippen LogP contribution is -1.94. The van der Waals surface area contributed by atoms with Crippen LogP contribution in [0.4, 0.5) is 0 Å². The molecule has 2 nitrogen and oxygen atoms in total. The Bertz CT molecular complexity index is 463. The third-order valence-electron chi connectivity index (χ3n) is 2.72. The standard InChI is InChI=1S/C11H11NOS/c1-2-10-11(12-7-14-10)9-4-6-13-5-3-8(1)9/h1-2,7H,3-6H2. The highest BCUT2D eigenvalue weighted by molar-refractivity contribution is 7.16. The van der Waals surface area contributed by atoms with Crippen LogP contribution in [0.3, 0.4) is 0 Å². The second-order valence-electron chi connectivity index (χ2n) is 3.51. The highest BCUT2D eigenvalue weighted by Crippen LogP contribution is 2.26. The molecule has 0 atom stereocenters. The molecular formula is C11H11NOS. The van der Waals surface area contributed by atoms with Crippen LogP contribution in [0, 0.1) is 0 Å². The summed E-state index contributed by atoms with van der Waals surface area (Å²) in [6.45, 7) is 1.69. The maximum atomic E-state index is 5.48. The Hall–Kier alpha value is -0.930. The van der Waals surface area contributed by atoms with Crippen LogP contribution in [0.15, 0.2) is 17.6 Å². The molecule has 1 aromatic carbocycles. The molecule has 1 aromatic heterocycles. The highest BCUT2D eigenvalue weighted by Gasteiger charge is 2.12. The normalized spacial score (nSPS) is 16.6. The molecule has 3 heteroatoms. The van der Waals surface area contributed by atoms with Crippen molar-refractivity contribution in [3.05, 3.63) is 28.8 Å². The first kappa shape index (κ1) is 8.38. The van der Waals surface area contributed by atoms with Gasteiger partial charge >= 0.3 is 0 Å². The van der Waals surface area contributed by atoms with Crippen molar-refractivity contribution in [2.24, 2.45) is 0 Å². The maximum Gasteiger partial charge on any atom is 0.0847 e. The third-order valence-corrected chi connectivity index (χ3v) is 3.51. The largest absolute Gasteiger partial charge is 0.381 e. The first-order valence-corrected chi connectivity index (χ1v) is 5.75. The Balaban J connectivity index is 2.26. The van der Waals surface area contributed by atoms with E-state index in [1.165, 1.54) is 21.3 Å². The molecule has 0 fully saturated rings. The summed E-state index contributed by atoms with van der Waals surface area (Å²) >= 11 is 1.72. The van der Waals surface area contributed by atoms with E-state index in [1.54, 1.807) is 11.3 Å². The zero-order chi connectivity index (χ0) is 9.38. The van der Waals surface area contributed by atoms with Gasteiger partial charge in [-0.1, -0.05) is 6.07 Å². The molecular weight excluding hydrogens is 194 g/mol. The number of hydrogen-bond donors (Lipinski definition) is 0. The number of nitrogens with zero attached hydrogens (tertiary/aromatic N) is 1. The Morgan fingerprint density at radius 3 is 3.14 bits per heavy atom. The second-order valence-corrected chi connectivity index (χ2v) is 4.40. The topological polar surface area (TPSA) is 22.1 Å². The quantitative estimate of drug-likeness (QED) is 0.659. The first-order chi connectivity index (χ1) is 6.95. The van der Waals surface area contributed by atoms with Gasteiger partial charge in [0.2, 0.25) is 0 Å². The summed E-state index contributed by atoms with van der Waals surface area (Å²) < 4.78 is 6.77. The fourth-order valence-corrected chi connectivity index (χ4v) is 2.71. The van der Waals surface area contributed by atoms with E-state index in [2.05, 4.69) is 17.1 Å². The Morgan fingerprint density at radius 2 is 2.14 bits per heavy atom. The molecule has 0 aliphatic carbocycles. The first-order valence-electron chi connectivity index (χ1n) is 4.87. The third kappa shape index (κ3) is 1.24. The van der Waals surface area contributed by atoms with E-state index in [4.69, 9.17) is 4.74 Å². The van der Waals surface area contributed by atoms with Crippen molar-refractivity contribution < 1.29 is 4.74 Å². The van der Waals surface area contributed by atoms with E-state index in [1.807, 2.05) is 5.51 Å². The minimum absolute atomic E-state index is 0.837. The predicted molar refractivity (Wildman–Crippen MR) is 57.8 cm³/mol. The van der Waals surface area contributed by atoms with Gasteiger partial charge in [-0.2, -0.15) is 0 Å². The summed E-state index contributed by atoms with van der Waals surface area (Å²) in [5, 5.41) is 0. The minimum Gasteiger partial charge on any atom is -0.381 e. The zero-order valence-corrected chi connectivity index (χ0v) is 8.64. The van der Waals surface area contributed by atoms with E-state index < -0.39 is 0 Å². The number of rotatable bonds is 0. The van der Waals surface area contributed by atoms with Crippen molar-refractivity contribution in [1.29, 1.82) is 0 Å². The van der Waals surface area contributed by atoms with Gasteiger partial charge in [0.25, 0.3) is 0 Å². The number of benzene rings is 1. The summed E-state index contributed by atoms with van der Waals surface area (Å²) in [6.07, 6.45) is 2.04. The number of hydrogen-bond acceptors (Lipinski definition) is 3. The van der Waals surface area contributed by atoms with Gasteiger partial charge in [0.15, 0.2) is 0 Å². The molecule has 1 aliphatic heterocycles. The van der Waals surface area contributed by atoms with Gasteiger partial charge in [0, 0.05) is 0 Å². The molecule has 0 saturated carbocycles. The molecule has 0 saturated heterocycles. The fourth-order valence-electron chi connectivity index (χ4n) is 2.00. The molecule has 14 heavy (non-hydrogen) atoms. The van der Waals surface area contributed by atoms with E-state index in [-0.39, 0.29) is 0 Å². The monoisotopic (exact) mass is 205 g/mol. The van der Waals surface area contributed by atoms with Crippen LogP contribution in [0.1, 0.15) is 11.1 Å². The van der Waals surface area contributed by atoms with Crippen LogP contribution < -0.4 is 0 Å². The zero-order valence-electron chi connectivity index (χ0n) is 7.82. The molecule has 0 unspecified atom stereocenters. The van der Waals surface area contributed by atoms with E-state index in [0.717, 1.165) is 26.1 Å². The predicted octanol–water partition coefficient (Wildman–Crippen LogP) is 2.41. The van der Waals surface area contributed by atoms with Gasteiger partial charge in [0.05, 0.1) is 28.9 Å². The lowest BCUT2D eigenvalue weighted by molar-refractivity contribution is 0.146. The average Bonchev–Trinajstić information content (AvgIpc) is 2.55. The maximum absolute atomic E-state index is 5.48. The summed E-state index contributed by atoms with van der Waals surface area (Å²) in [5.41, 5.74) is 5.94. The van der Waals surface area contributed by atoms with Gasteiger partial charge in [-0.25, -0.2) is 4.98 Å². The lowest BCUT2D eigenvalue weighted by Gasteiger charge is -2.04. The molecule has 1 aliphatic rings. The Labute approximate surface area is 86.5 Å². The van der Waals surface area contributed by atoms with Gasteiger partial charge in [-0.3, -0.25) is 0 Å². The summed E-state index contributed by atoms with van der Waals surface area (Å²) in [7, 11) is 0. The number of aromatic nitrogens is 1. The molecule has 0 bridgehead atoms. The molecule has 3 rings (SSSR count).